The summed E-state index contributed by atoms with van der Waals surface area (Å²) in [7, 11) is 0. The van der Waals surface area contributed by atoms with Crippen LogP contribution in [0.25, 0.3) is 0 Å². The highest BCUT2D eigenvalue weighted by Gasteiger charge is 2.33. The summed E-state index contributed by atoms with van der Waals surface area (Å²) in [5.74, 6) is -0.446. The Balaban J connectivity index is 1.73. The van der Waals surface area contributed by atoms with Crippen molar-refractivity contribution in [1.29, 1.82) is 0 Å². The fraction of sp³-hybridized carbons (Fsp3) is 0.0556. The van der Waals surface area contributed by atoms with Gasteiger partial charge in [0, 0.05) is 10.7 Å². The van der Waals surface area contributed by atoms with Crippen LogP contribution in [0.2, 0.25) is 5.02 Å². The van der Waals surface area contributed by atoms with Crippen molar-refractivity contribution in [2.75, 3.05) is 10.6 Å². The molecular weight excluding hydrogens is 381 g/mol. The molecule has 2 N–H and O–H groups in total. The number of nitrogens with zero attached hydrogens (tertiary/aromatic N) is 2. The maximum atomic E-state index is 13.0. The number of hydrogen-bond donors (Lipinski definition) is 2. The second-order valence-corrected chi connectivity index (χ2v) is 5.86. The fourth-order valence-corrected chi connectivity index (χ4v) is 2.44. The van der Waals surface area contributed by atoms with Gasteiger partial charge in [-0.25, -0.2) is 9.97 Å². The third kappa shape index (κ3) is 4.73. The van der Waals surface area contributed by atoms with Crippen LogP contribution >= 0.6 is 11.6 Å². The van der Waals surface area contributed by atoms with Gasteiger partial charge < -0.3 is 10.6 Å². The molecule has 2 aromatic carbocycles. The Kier molecular flexibility index (Phi) is 5.27. The predicted molar refractivity (Wildman–Crippen MR) is 96.2 cm³/mol. The molecule has 0 bridgehead atoms. The normalized spacial score (nSPS) is 11.1. The molecule has 0 aliphatic heterocycles. The highest BCUT2D eigenvalue weighted by molar-refractivity contribution is 6.30. The number of halogens is 4. The average Bonchev–Trinajstić information content (AvgIpc) is 2.62. The maximum Gasteiger partial charge on any atom is 0.418 e. The molecule has 27 heavy (non-hydrogen) atoms. The topological polar surface area (TPSA) is 66.9 Å². The highest BCUT2D eigenvalue weighted by Crippen LogP contribution is 2.34. The molecular formula is C18H12ClF3N4O. The van der Waals surface area contributed by atoms with Gasteiger partial charge in [-0.15, -0.1) is 0 Å². The first-order chi connectivity index (χ1) is 12.8. The first-order valence-electron chi connectivity index (χ1n) is 7.65. The van der Waals surface area contributed by atoms with Crippen LogP contribution in [-0.2, 0) is 6.18 Å². The van der Waals surface area contributed by atoms with Crippen molar-refractivity contribution in [1.82, 2.24) is 9.97 Å². The van der Waals surface area contributed by atoms with Crippen molar-refractivity contribution in [2.45, 2.75) is 6.18 Å². The molecule has 9 heteroatoms. The molecule has 5 nitrogen and oxygen atoms in total. The molecule has 0 unspecified atom stereocenters. The van der Waals surface area contributed by atoms with Gasteiger partial charge in [0.2, 0.25) is 0 Å². The molecule has 138 valence electrons. The Hall–Kier alpha value is -3.13. The highest BCUT2D eigenvalue weighted by atomic mass is 35.5. The minimum Gasteiger partial charge on any atom is -0.339 e. The molecule has 0 saturated heterocycles. The summed E-state index contributed by atoms with van der Waals surface area (Å²) in [6.45, 7) is 0. The molecule has 0 spiro atoms. The monoisotopic (exact) mass is 392 g/mol. The standard InChI is InChI=1S/C18H12ClF3N4O/c19-11-4-3-5-12(8-11)25-16-10-23-15(9-24-16)17(27)26-14-7-2-1-6-13(14)18(20,21)22/h1-10H,(H,24,25)(H,26,27). The van der Waals surface area contributed by atoms with Gasteiger partial charge in [-0.3, -0.25) is 4.79 Å². The van der Waals surface area contributed by atoms with Crippen molar-refractivity contribution in [3.05, 3.63) is 77.2 Å². The molecule has 0 radical (unpaired) electrons. The van der Waals surface area contributed by atoms with E-state index < -0.39 is 17.6 Å². The minimum absolute atomic E-state index is 0.122. The third-order valence-corrected chi connectivity index (χ3v) is 3.70. The zero-order valence-corrected chi connectivity index (χ0v) is 14.3. The molecule has 1 aromatic heterocycles. The number of para-hydroxylation sites is 1. The van der Waals surface area contributed by atoms with Crippen LogP contribution in [0.1, 0.15) is 16.1 Å². The van der Waals surface area contributed by atoms with Crippen molar-refractivity contribution < 1.29 is 18.0 Å². The number of carbonyl (C=O) groups is 1. The first-order valence-corrected chi connectivity index (χ1v) is 8.03. The van der Waals surface area contributed by atoms with E-state index in [1.807, 2.05) is 0 Å². The molecule has 0 atom stereocenters. The van der Waals surface area contributed by atoms with Gasteiger partial charge >= 0.3 is 6.18 Å². The Morgan fingerprint density at radius 3 is 2.44 bits per heavy atom. The smallest absolute Gasteiger partial charge is 0.339 e. The molecule has 3 aromatic rings. The number of benzene rings is 2. The summed E-state index contributed by atoms with van der Waals surface area (Å²) >= 11 is 5.89. The number of carbonyl (C=O) groups excluding carboxylic acids is 1. The van der Waals surface area contributed by atoms with Gasteiger partial charge in [0.05, 0.1) is 23.6 Å². The van der Waals surface area contributed by atoms with E-state index >= 15 is 0 Å². The number of amides is 1. The van der Waals surface area contributed by atoms with Crippen LogP contribution in [0.4, 0.5) is 30.4 Å². The lowest BCUT2D eigenvalue weighted by atomic mass is 10.1. The molecule has 1 heterocycles. The summed E-state index contributed by atoms with van der Waals surface area (Å²) in [6, 6.07) is 11.6. The molecule has 1 amide bonds. The number of rotatable bonds is 4. The number of nitrogens with one attached hydrogen (secondary N) is 2. The fourth-order valence-electron chi connectivity index (χ4n) is 2.25. The largest absolute Gasteiger partial charge is 0.418 e. The van der Waals surface area contributed by atoms with Gasteiger partial charge in [0.25, 0.3) is 5.91 Å². The van der Waals surface area contributed by atoms with Crippen LogP contribution in [0, 0.1) is 0 Å². The Morgan fingerprint density at radius 2 is 1.78 bits per heavy atom. The van der Waals surface area contributed by atoms with Crippen LogP contribution in [0.5, 0.6) is 0 Å². The van der Waals surface area contributed by atoms with Crippen LogP contribution in [0.15, 0.2) is 60.9 Å². The van der Waals surface area contributed by atoms with Gasteiger partial charge in [0.15, 0.2) is 0 Å². The van der Waals surface area contributed by atoms with Crippen LogP contribution < -0.4 is 10.6 Å². The van der Waals surface area contributed by atoms with E-state index in [9.17, 15) is 18.0 Å². The SMILES string of the molecule is O=C(Nc1ccccc1C(F)(F)F)c1cnc(Nc2cccc(Cl)c2)cn1. The maximum absolute atomic E-state index is 13.0. The van der Waals surface area contributed by atoms with Crippen molar-refractivity contribution in [2.24, 2.45) is 0 Å². The molecule has 0 saturated carbocycles. The Morgan fingerprint density at radius 1 is 1.00 bits per heavy atom. The minimum atomic E-state index is -4.58. The zero-order valence-electron chi connectivity index (χ0n) is 13.6. The Bertz CT molecular complexity index is 961. The second kappa shape index (κ2) is 7.63. The quantitative estimate of drug-likeness (QED) is 0.644. The molecule has 3 rings (SSSR count). The van der Waals surface area contributed by atoms with Gasteiger partial charge in [-0.2, -0.15) is 13.2 Å². The van der Waals surface area contributed by atoms with E-state index in [0.29, 0.717) is 16.5 Å². The van der Waals surface area contributed by atoms with Gasteiger partial charge in [0.1, 0.15) is 11.5 Å². The van der Waals surface area contributed by atoms with E-state index in [0.717, 1.165) is 6.07 Å². The van der Waals surface area contributed by atoms with E-state index in [-0.39, 0.29) is 11.4 Å². The Labute approximate surface area is 157 Å². The van der Waals surface area contributed by atoms with Gasteiger partial charge in [-0.05, 0) is 30.3 Å². The lowest BCUT2D eigenvalue weighted by Crippen LogP contribution is -2.18. The summed E-state index contributed by atoms with van der Waals surface area (Å²) in [4.78, 5) is 20.2. The van der Waals surface area contributed by atoms with E-state index in [1.54, 1.807) is 24.3 Å². The van der Waals surface area contributed by atoms with Crippen molar-refractivity contribution in [3.8, 4) is 0 Å². The lowest BCUT2D eigenvalue weighted by molar-refractivity contribution is -0.136. The number of alkyl halides is 3. The molecule has 0 fully saturated rings. The molecule has 0 aliphatic carbocycles. The van der Waals surface area contributed by atoms with E-state index in [4.69, 9.17) is 11.6 Å². The second-order valence-electron chi connectivity index (χ2n) is 5.42. The zero-order chi connectivity index (χ0) is 19.4. The van der Waals surface area contributed by atoms with E-state index in [1.165, 1.54) is 30.6 Å². The average molecular weight is 393 g/mol. The number of anilines is 3. The number of hydrogen-bond acceptors (Lipinski definition) is 4. The van der Waals surface area contributed by atoms with Crippen LogP contribution in [0.3, 0.4) is 0 Å². The van der Waals surface area contributed by atoms with Gasteiger partial charge in [-0.1, -0.05) is 29.8 Å². The van der Waals surface area contributed by atoms with Crippen LogP contribution in [-0.4, -0.2) is 15.9 Å². The van der Waals surface area contributed by atoms with Crippen molar-refractivity contribution in [3.63, 3.8) is 0 Å². The molecule has 0 aliphatic rings. The summed E-state index contributed by atoms with van der Waals surface area (Å²) in [5, 5.41) is 5.70. The summed E-state index contributed by atoms with van der Waals surface area (Å²) in [6.07, 6.45) is -2.12. The predicted octanol–water partition coefficient (Wildman–Crippen LogP) is 5.14. The first kappa shape index (κ1) is 18.7. The lowest BCUT2D eigenvalue weighted by Gasteiger charge is -2.13. The van der Waals surface area contributed by atoms with E-state index in [2.05, 4.69) is 20.6 Å². The summed E-state index contributed by atoms with van der Waals surface area (Å²) in [5.41, 5.74) is -0.736. The van der Waals surface area contributed by atoms with Crippen molar-refractivity contribution >= 4 is 34.7 Å². The third-order valence-electron chi connectivity index (χ3n) is 3.46. The number of aromatic nitrogens is 2. The summed E-state index contributed by atoms with van der Waals surface area (Å²) < 4.78 is 39.0.